The van der Waals surface area contributed by atoms with Crippen molar-refractivity contribution in [1.82, 2.24) is 0 Å². The molecule has 0 amide bonds. The zero-order valence-corrected chi connectivity index (χ0v) is 20.5. The molecule has 0 bridgehead atoms. The maximum Gasteiger partial charge on any atom is 0.187 e. The van der Waals surface area contributed by atoms with Gasteiger partial charge >= 0.3 is 0 Å². The van der Waals surface area contributed by atoms with Gasteiger partial charge in [-0.1, -0.05) is 59.3 Å². The molecule has 174 valence electrons. The van der Waals surface area contributed by atoms with Gasteiger partial charge in [-0.2, -0.15) is 0 Å². The fraction of sp³-hybridized carbons (Fsp3) is 0.821. The highest BCUT2D eigenvalue weighted by molar-refractivity contribution is 5.99. The maximum atomic E-state index is 13.3. The lowest BCUT2D eigenvalue weighted by molar-refractivity contribution is -0.180. The van der Waals surface area contributed by atoms with E-state index in [1.807, 2.05) is 6.08 Å². The number of carbonyl (C=O) groups excluding carboxylic acids is 1. The summed E-state index contributed by atoms with van der Waals surface area (Å²) < 4.78 is 0. The third-order valence-corrected chi connectivity index (χ3v) is 10.5. The topological polar surface area (TPSA) is 57.5 Å². The molecular weight excluding hydrogens is 384 g/mol. The molecule has 3 saturated carbocycles. The number of rotatable bonds is 4. The smallest absolute Gasteiger partial charge is 0.187 e. The average molecular weight is 429 g/mol. The molecule has 4 aliphatic carbocycles. The second-order valence-corrected chi connectivity index (χ2v) is 12.4. The third kappa shape index (κ3) is 3.41. The number of allylic oxidation sites excluding steroid dienone is 3. The Bertz CT molecular complexity index is 781. The van der Waals surface area contributed by atoms with Crippen molar-refractivity contribution in [2.24, 2.45) is 46.3 Å². The lowest BCUT2D eigenvalue weighted by atomic mass is 9.46. The molecule has 3 heteroatoms. The Labute approximate surface area is 189 Å². The fourth-order valence-electron chi connectivity index (χ4n) is 7.96. The maximum absolute atomic E-state index is 13.3. The zero-order valence-electron chi connectivity index (χ0n) is 20.5. The molecule has 4 aliphatic rings. The van der Waals surface area contributed by atoms with Crippen molar-refractivity contribution in [3.05, 3.63) is 23.8 Å². The summed E-state index contributed by atoms with van der Waals surface area (Å²) in [5.41, 5.74) is -0.275. The van der Waals surface area contributed by atoms with E-state index in [9.17, 15) is 15.0 Å². The molecule has 0 radical (unpaired) electrons. The number of hydrogen-bond acceptors (Lipinski definition) is 3. The van der Waals surface area contributed by atoms with Crippen LogP contribution in [0.1, 0.15) is 86.5 Å². The van der Waals surface area contributed by atoms with Gasteiger partial charge in [-0.15, -0.1) is 0 Å². The molecular formula is C28H44O3. The SMILES string of the molecule is CC(C)C(C)/C=C/C(C)C1CCC2C3=CC(=O)C4(O)CC(O)CCC4(C)C3CCC21C. The molecule has 31 heavy (non-hydrogen) atoms. The predicted molar refractivity (Wildman–Crippen MR) is 125 cm³/mol. The van der Waals surface area contributed by atoms with E-state index in [4.69, 9.17) is 0 Å². The van der Waals surface area contributed by atoms with Gasteiger partial charge in [-0.3, -0.25) is 4.79 Å². The van der Waals surface area contributed by atoms with Crippen LogP contribution in [0.3, 0.4) is 0 Å². The van der Waals surface area contributed by atoms with E-state index in [1.54, 1.807) is 0 Å². The average Bonchev–Trinajstić information content (AvgIpc) is 3.05. The summed E-state index contributed by atoms with van der Waals surface area (Å²) in [5, 5.41) is 21.7. The predicted octanol–water partition coefficient (Wildman–Crippen LogP) is 5.70. The van der Waals surface area contributed by atoms with Gasteiger partial charge in [0.15, 0.2) is 5.78 Å². The highest BCUT2D eigenvalue weighted by atomic mass is 16.3. The summed E-state index contributed by atoms with van der Waals surface area (Å²) in [5.74, 6) is 3.03. The number of hydrogen-bond donors (Lipinski definition) is 2. The largest absolute Gasteiger partial charge is 0.393 e. The summed E-state index contributed by atoms with van der Waals surface area (Å²) in [7, 11) is 0. The molecule has 0 heterocycles. The van der Waals surface area contributed by atoms with Crippen molar-refractivity contribution in [1.29, 1.82) is 0 Å². The van der Waals surface area contributed by atoms with E-state index < -0.39 is 17.1 Å². The van der Waals surface area contributed by atoms with Crippen LogP contribution in [0.25, 0.3) is 0 Å². The molecule has 0 aliphatic heterocycles. The molecule has 0 spiro atoms. The number of ketones is 1. The first kappa shape index (κ1) is 23.2. The third-order valence-electron chi connectivity index (χ3n) is 10.5. The second-order valence-electron chi connectivity index (χ2n) is 12.4. The lowest BCUT2D eigenvalue weighted by Crippen LogP contribution is -2.64. The standard InChI is InChI=1S/C28H44O3/c1-17(2)18(3)7-8-19(4)22-9-10-23-21-15-25(30)28(31)16-20(29)11-14-27(28,6)24(21)12-13-26(22,23)5/h7-8,15,17-20,22-24,29,31H,9-14,16H2,1-6H3/b8-7+. The minimum Gasteiger partial charge on any atom is -0.393 e. The second kappa shape index (κ2) is 7.83. The van der Waals surface area contributed by atoms with Crippen molar-refractivity contribution in [3.63, 3.8) is 0 Å². The van der Waals surface area contributed by atoms with Gasteiger partial charge in [0.05, 0.1) is 6.10 Å². The van der Waals surface area contributed by atoms with E-state index >= 15 is 0 Å². The van der Waals surface area contributed by atoms with Gasteiger partial charge in [0, 0.05) is 11.8 Å². The summed E-state index contributed by atoms with van der Waals surface area (Å²) in [6.07, 6.45) is 12.4. The van der Waals surface area contributed by atoms with Gasteiger partial charge in [0.25, 0.3) is 0 Å². The molecule has 9 atom stereocenters. The van der Waals surface area contributed by atoms with Gasteiger partial charge in [-0.05, 0) is 85.5 Å². The van der Waals surface area contributed by atoms with Crippen LogP contribution in [-0.2, 0) is 4.79 Å². The van der Waals surface area contributed by atoms with Crippen molar-refractivity contribution in [2.75, 3.05) is 0 Å². The Morgan fingerprint density at radius 3 is 2.39 bits per heavy atom. The molecule has 9 unspecified atom stereocenters. The van der Waals surface area contributed by atoms with Crippen LogP contribution in [0.4, 0.5) is 0 Å². The quantitative estimate of drug-likeness (QED) is 0.564. The molecule has 4 rings (SSSR count). The van der Waals surface area contributed by atoms with Crippen LogP contribution in [0.5, 0.6) is 0 Å². The number of aliphatic hydroxyl groups excluding tert-OH is 1. The minimum atomic E-state index is -1.40. The summed E-state index contributed by atoms with van der Waals surface area (Å²) in [4.78, 5) is 13.3. The van der Waals surface area contributed by atoms with Crippen molar-refractivity contribution in [3.8, 4) is 0 Å². The van der Waals surface area contributed by atoms with Crippen LogP contribution in [0, 0.1) is 46.3 Å². The Hall–Kier alpha value is -0.930. The van der Waals surface area contributed by atoms with Gasteiger partial charge in [-0.25, -0.2) is 0 Å². The van der Waals surface area contributed by atoms with Crippen LogP contribution >= 0.6 is 0 Å². The van der Waals surface area contributed by atoms with Gasteiger partial charge in [0.2, 0.25) is 0 Å². The normalized spacial score (nSPS) is 47.0. The Morgan fingerprint density at radius 2 is 1.71 bits per heavy atom. The highest BCUT2D eigenvalue weighted by Crippen LogP contribution is 2.67. The van der Waals surface area contributed by atoms with Crippen molar-refractivity contribution >= 4 is 5.78 Å². The van der Waals surface area contributed by atoms with Crippen molar-refractivity contribution < 1.29 is 15.0 Å². The molecule has 0 aromatic heterocycles. The number of aliphatic hydroxyl groups is 2. The summed E-state index contributed by atoms with van der Waals surface area (Å²) >= 11 is 0. The van der Waals surface area contributed by atoms with E-state index in [0.717, 1.165) is 19.3 Å². The first-order valence-corrected chi connectivity index (χ1v) is 12.8. The van der Waals surface area contributed by atoms with Crippen LogP contribution in [0.15, 0.2) is 23.8 Å². The lowest BCUT2D eigenvalue weighted by Gasteiger charge is -2.59. The molecule has 3 nitrogen and oxygen atoms in total. The minimum absolute atomic E-state index is 0.147. The first-order chi connectivity index (χ1) is 14.4. The Kier molecular flexibility index (Phi) is 5.87. The van der Waals surface area contributed by atoms with Gasteiger partial charge < -0.3 is 10.2 Å². The fourth-order valence-corrected chi connectivity index (χ4v) is 7.96. The first-order valence-electron chi connectivity index (χ1n) is 12.8. The summed E-state index contributed by atoms with van der Waals surface area (Å²) in [6, 6.07) is 0. The van der Waals surface area contributed by atoms with E-state index in [2.05, 4.69) is 53.7 Å². The molecule has 0 saturated heterocycles. The van der Waals surface area contributed by atoms with Crippen LogP contribution < -0.4 is 0 Å². The van der Waals surface area contributed by atoms with Crippen LogP contribution in [-0.4, -0.2) is 27.7 Å². The zero-order chi connectivity index (χ0) is 22.8. The molecule has 3 fully saturated rings. The van der Waals surface area contributed by atoms with E-state index in [0.29, 0.717) is 36.0 Å². The highest BCUT2D eigenvalue weighted by Gasteiger charge is 2.65. The molecule has 0 aromatic rings. The molecule has 0 aromatic carbocycles. The van der Waals surface area contributed by atoms with Crippen molar-refractivity contribution in [2.45, 2.75) is 98.2 Å². The Balaban J connectivity index is 1.62. The monoisotopic (exact) mass is 428 g/mol. The van der Waals surface area contributed by atoms with E-state index in [-0.39, 0.29) is 23.5 Å². The summed E-state index contributed by atoms with van der Waals surface area (Å²) in [6.45, 7) is 13.9. The number of carbonyl (C=O) groups is 1. The van der Waals surface area contributed by atoms with Crippen LogP contribution in [0.2, 0.25) is 0 Å². The molecule has 2 N–H and O–H groups in total. The van der Waals surface area contributed by atoms with Gasteiger partial charge in [0.1, 0.15) is 5.60 Å². The van der Waals surface area contributed by atoms with E-state index in [1.165, 1.54) is 18.4 Å². The Morgan fingerprint density at radius 1 is 1.00 bits per heavy atom. The number of fused-ring (bicyclic) bond motifs is 5.